The van der Waals surface area contributed by atoms with Crippen LogP contribution in [0, 0.1) is 11.8 Å². The van der Waals surface area contributed by atoms with Crippen molar-refractivity contribution in [3.05, 3.63) is 22.7 Å². The van der Waals surface area contributed by atoms with Crippen LogP contribution >= 0.6 is 0 Å². The monoisotopic (exact) mass is 281 g/mol. The van der Waals surface area contributed by atoms with Crippen molar-refractivity contribution in [1.29, 1.82) is 0 Å². The van der Waals surface area contributed by atoms with E-state index in [-0.39, 0.29) is 17.3 Å². The molecule has 1 rings (SSSR count). The van der Waals surface area contributed by atoms with Crippen LogP contribution in [-0.4, -0.2) is 34.2 Å². The summed E-state index contributed by atoms with van der Waals surface area (Å²) in [6.07, 6.45) is 3.30. The fourth-order valence-corrected chi connectivity index (χ4v) is 1.92. The summed E-state index contributed by atoms with van der Waals surface area (Å²) in [7, 11) is 1.77. The Balaban J connectivity index is 2.94. The predicted octanol–water partition coefficient (Wildman–Crippen LogP) is 0.718. The molecular weight excluding hydrogens is 258 g/mol. The van der Waals surface area contributed by atoms with Gasteiger partial charge in [0, 0.05) is 38.4 Å². The molecule has 112 valence electrons. The molecule has 1 aromatic heterocycles. The zero-order chi connectivity index (χ0) is 15.3. The second-order valence-corrected chi connectivity index (χ2v) is 5.41. The van der Waals surface area contributed by atoms with E-state index in [1.54, 1.807) is 28.9 Å². The molecule has 0 aliphatic rings. The van der Waals surface area contributed by atoms with Gasteiger partial charge in [-0.3, -0.25) is 4.79 Å². The number of oxime groups is 1. The molecule has 1 aromatic rings. The van der Waals surface area contributed by atoms with Crippen LogP contribution in [0.25, 0.3) is 0 Å². The van der Waals surface area contributed by atoms with Crippen LogP contribution in [0.2, 0.25) is 0 Å². The Bertz CT molecular complexity index is 524. The third-order valence-electron chi connectivity index (χ3n) is 2.99. The summed E-state index contributed by atoms with van der Waals surface area (Å²) in [6, 6.07) is 0. The third kappa shape index (κ3) is 3.97. The third-order valence-corrected chi connectivity index (χ3v) is 2.99. The first-order valence-corrected chi connectivity index (χ1v) is 6.60. The van der Waals surface area contributed by atoms with Crippen LogP contribution in [0.4, 0.5) is 5.82 Å². The van der Waals surface area contributed by atoms with Gasteiger partial charge in [0.2, 0.25) is 0 Å². The maximum absolute atomic E-state index is 12.3. The minimum atomic E-state index is -0.176. The molecule has 1 unspecified atom stereocenters. The fraction of sp³-hybridized carbons (Fsp3) is 0.615. The molecule has 0 saturated heterocycles. The molecule has 20 heavy (non-hydrogen) atoms. The van der Waals surface area contributed by atoms with Crippen molar-refractivity contribution in [3.8, 4) is 0 Å². The van der Waals surface area contributed by atoms with Gasteiger partial charge in [0.15, 0.2) is 5.82 Å². The first kappa shape index (κ1) is 16.0. The summed E-state index contributed by atoms with van der Waals surface area (Å²) in [4.78, 5) is 18.2. The number of amidine groups is 1. The molecule has 0 fully saturated rings. The molecule has 0 aliphatic carbocycles. The molecule has 1 atom stereocenters. The highest BCUT2D eigenvalue weighted by molar-refractivity contribution is 5.82. The van der Waals surface area contributed by atoms with E-state index in [0.29, 0.717) is 24.8 Å². The quantitative estimate of drug-likeness (QED) is 0.346. The Kier molecular flexibility index (Phi) is 5.54. The van der Waals surface area contributed by atoms with Gasteiger partial charge in [-0.15, -0.1) is 0 Å². The molecule has 0 saturated carbocycles. The van der Waals surface area contributed by atoms with E-state index in [0.717, 1.165) is 0 Å². The van der Waals surface area contributed by atoms with Crippen LogP contribution in [0.1, 0.15) is 20.8 Å². The highest BCUT2D eigenvalue weighted by Crippen LogP contribution is 2.06. The number of anilines is 1. The SMILES string of the molecule is CC(C)Cn1ccnc(N(C)CC(C)C(N)=NO)c1=O. The van der Waals surface area contributed by atoms with E-state index in [1.807, 2.05) is 6.92 Å². The highest BCUT2D eigenvalue weighted by Gasteiger charge is 2.15. The summed E-state index contributed by atoms with van der Waals surface area (Å²) >= 11 is 0. The number of rotatable bonds is 6. The molecular formula is C13H23N5O2. The lowest BCUT2D eigenvalue weighted by atomic mass is 10.1. The number of aromatic nitrogens is 2. The maximum Gasteiger partial charge on any atom is 0.293 e. The van der Waals surface area contributed by atoms with Crippen LogP contribution in [0.15, 0.2) is 22.3 Å². The Morgan fingerprint density at radius 1 is 1.55 bits per heavy atom. The highest BCUT2D eigenvalue weighted by atomic mass is 16.4. The topological polar surface area (TPSA) is 96.7 Å². The van der Waals surface area contributed by atoms with Crippen molar-refractivity contribution in [2.45, 2.75) is 27.3 Å². The molecule has 0 amide bonds. The first-order valence-electron chi connectivity index (χ1n) is 6.60. The average Bonchev–Trinajstić information content (AvgIpc) is 2.39. The fourth-order valence-electron chi connectivity index (χ4n) is 1.92. The lowest BCUT2D eigenvalue weighted by Crippen LogP contribution is -2.37. The van der Waals surface area contributed by atoms with E-state index in [2.05, 4.69) is 24.0 Å². The Morgan fingerprint density at radius 3 is 2.75 bits per heavy atom. The Morgan fingerprint density at radius 2 is 2.20 bits per heavy atom. The number of nitrogens with zero attached hydrogens (tertiary/aromatic N) is 4. The largest absolute Gasteiger partial charge is 0.409 e. The molecule has 7 nitrogen and oxygen atoms in total. The molecule has 0 spiro atoms. The molecule has 1 heterocycles. The Hall–Kier alpha value is -2.05. The van der Waals surface area contributed by atoms with E-state index in [4.69, 9.17) is 10.9 Å². The average molecular weight is 281 g/mol. The molecule has 3 N–H and O–H groups in total. The van der Waals surface area contributed by atoms with Crippen molar-refractivity contribution < 1.29 is 5.21 Å². The molecule has 0 bridgehead atoms. The number of hydrogen-bond acceptors (Lipinski definition) is 5. The normalized spacial score (nSPS) is 13.6. The molecule has 7 heteroatoms. The van der Waals surface area contributed by atoms with Crippen molar-refractivity contribution >= 4 is 11.7 Å². The van der Waals surface area contributed by atoms with Crippen molar-refractivity contribution in [3.63, 3.8) is 0 Å². The van der Waals surface area contributed by atoms with Gasteiger partial charge >= 0.3 is 0 Å². The zero-order valence-corrected chi connectivity index (χ0v) is 12.4. The smallest absolute Gasteiger partial charge is 0.293 e. The number of hydrogen-bond donors (Lipinski definition) is 2. The van der Waals surface area contributed by atoms with Crippen molar-refractivity contribution in [2.75, 3.05) is 18.5 Å². The van der Waals surface area contributed by atoms with E-state index in [1.165, 1.54) is 0 Å². The van der Waals surface area contributed by atoms with Gasteiger partial charge in [-0.05, 0) is 5.92 Å². The summed E-state index contributed by atoms with van der Waals surface area (Å²) in [5.41, 5.74) is 5.42. The first-order chi connectivity index (χ1) is 9.36. The lowest BCUT2D eigenvalue weighted by Gasteiger charge is -2.22. The standard InChI is InChI=1S/C13H23N5O2/c1-9(2)7-18-6-5-15-12(13(18)19)17(4)8-10(3)11(14)16-20/h5-6,9-10,20H,7-8H2,1-4H3,(H2,14,16). The second-order valence-electron chi connectivity index (χ2n) is 5.41. The summed E-state index contributed by atoms with van der Waals surface area (Å²) in [6.45, 7) is 7.02. The van der Waals surface area contributed by atoms with Crippen LogP contribution in [-0.2, 0) is 6.54 Å². The van der Waals surface area contributed by atoms with Gasteiger partial charge in [0.25, 0.3) is 5.56 Å². The van der Waals surface area contributed by atoms with E-state index < -0.39 is 0 Å². The van der Waals surface area contributed by atoms with E-state index >= 15 is 0 Å². The lowest BCUT2D eigenvalue weighted by molar-refractivity contribution is 0.314. The van der Waals surface area contributed by atoms with E-state index in [9.17, 15) is 4.79 Å². The van der Waals surface area contributed by atoms with Gasteiger partial charge in [-0.1, -0.05) is 25.9 Å². The van der Waals surface area contributed by atoms with Crippen molar-refractivity contribution in [2.24, 2.45) is 22.7 Å². The summed E-state index contributed by atoms with van der Waals surface area (Å²) in [5, 5.41) is 11.6. The molecule has 0 radical (unpaired) electrons. The maximum atomic E-state index is 12.3. The van der Waals surface area contributed by atoms with Crippen LogP contribution in [0.5, 0.6) is 0 Å². The van der Waals surface area contributed by atoms with Crippen molar-refractivity contribution in [1.82, 2.24) is 9.55 Å². The summed E-state index contributed by atoms with van der Waals surface area (Å²) < 4.78 is 1.65. The minimum Gasteiger partial charge on any atom is -0.409 e. The van der Waals surface area contributed by atoms with Gasteiger partial charge in [-0.2, -0.15) is 0 Å². The minimum absolute atomic E-state index is 0.129. The van der Waals surface area contributed by atoms with Gasteiger partial charge in [-0.25, -0.2) is 4.98 Å². The molecule has 0 aromatic carbocycles. The van der Waals surface area contributed by atoms with Gasteiger partial charge < -0.3 is 20.4 Å². The Labute approximate surface area is 118 Å². The van der Waals surface area contributed by atoms with Crippen LogP contribution < -0.4 is 16.2 Å². The van der Waals surface area contributed by atoms with Crippen LogP contribution in [0.3, 0.4) is 0 Å². The predicted molar refractivity (Wildman–Crippen MR) is 79.2 cm³/mol. The second kappa shape index (κ2) is 6.93. The van der Waals surface area contributed by atoms with Gasteiger partial charge in [0.1, 0.15) is 5.84 Å². The van der Waals surface area contributed by atoms with Gasteiger partial charge in [0.05, 0.1) is 0 Å². The zero-order valence-electron chi connectivity index (χ0n) is 12.4. The summed E-state index contributed by atoms with van der Waals surface area (Å²) in [5.74, 6) is 0.704. The molecule has 0 aliphatic heterocycles. The number of nitrogens with two attached hydrogens (primary N) is 1.